The van der Waals surface area contributed by atoms with Gasteiger partial charge in [0.2, 0.25) is 5.91 Å². The van der Waals surface area contributed by atoms with Crippen LogP contribution in [0.5, 0.6) is 0 Å². The van der Waals surface area contributed by atoms with Crippen molar-refractivity contribution in [2.45, 2.75) is 55.7 Å². The van der Waals surface area contributed by atoms with Crippen LogP contribution in [-0.4, -0.2) is 16.1 Å². The average molecular weight is 442 g/mol. The molecule has 0 saturated carbocycles. The first-order valence-electron chi connectivity index (χ1n) is 11.1. The Morgan fingerprint density at radius 2 is 1.97 bits per heavy atom. The van der Waals surface area contributed by atoms with Gasteiger partial charge in [-0.2, -0.15) is 5.26 Å². The number of benzene rings is 2. The molecule has 162 valence electrons. The first-order valence-corrected chi connectivity index (χ1v) is 12.0. The van der Waals surface area contributed by atoms with Crippen molar-refractivity contribution in [2.75, 3.05) is 5.32 Å². The zero-order valence-electron chi connectivity index (χ0n) is 18.5. The van der Waals surface area contributed by atoms with E-state index in [1.807, 2.05) is 50.2 Å². The lowest BCUT2D eigenvalue weighted by molar-refractivity contribution is -0.115. The molecule has 0 radical (unpaired) electrons. The highest BCUT2D eigenvalue weighted by atomic mass is 32.2. The van der Waals surface area contributed by atoms with Gasteiger partial charge in [-0.1, -0.05) is 67.2 Å². The van der Waals surface area contributed by atoms with E-state index in [2.05, 4.69) is 35.7 Å². The minimum absolute atomic E-state index is 0.0562. The number of carbonyl (C=O) groups excluding carboxylic acids is 1. The van der Waals surface area contributed by atoms with E-state index < -0.39 is 0 Å². The maximum absolute atomic E-state index is 12.9. The molecular weight excluding hydrogens is 414 g/mol. The highest BCUT2D eigenvalue weighted by Gasteiger charge is 2.26. The van der Waals surface area contributed by atoms with Gasteiger partial charge in [-0.25, -0.2) is 4.98 Å². The van der Waals surface area contributed by atoms with Crippen LogP contribution in [0.25, 0.3) is 0 Å². The van der Waals surface area contributed by atoms with Gasteiger partial charge >= 0.3 is 0 Å². The number of rotatable bonds is 6. The van der Waals surface area contributed by atoms with Crippen molar-refractivity contribution in [3.63, 3.8) is 0 Å². The van der Waals surface area contributed by atoms with Crippen molar-refractivity contribution < 1.29 is 4.79 Å². The number of hydrogen-bond donors (Lipinski definition) is 1. The maximum Gasteiger partial charge on any atom is 0.237 e. The van der Waals surface area contributed by atoms with Crippen LogP contribution in [0.1, 0.15) is 53.6 Å². The molecule has 1 N–H and O–H groups in total. The summed E-state index contributed by atoms with van der Waals surface area (Å²) in [5, 5.41) is 13.2. The monoisotopic (exact) mass is 441 g/mol. The number of carbonyl (C=O) groups is 1. The molecule has 4 rings (SSSR count). The molecule has 32 heavy (non-hydrogen) atoms. The topological polar surface area (TPSA) is 65.8 Å². The van der Waals surface area contributed by atoms with Gasteiger partial charge in [-0.05, 0) is 67.3 Å². The molecule has 1 heterocycles. The predicted molar refractivity (Wildman–Crippen MR) is 130 cm³/mol. The largest absolute Gasteiger partial charge is 0.325 e. The first kappa shape index (κ1) is 22.1. The summed E-state index contributed by atoms with van der Waals surface area (Å²) < 4.78 is 0. The normalized spacial score (nSPS) is 16.0. The fourth-order valence-corrected chi connectivity index (χ4v) is 5.21. The third kappa shape index (κ3) is 4.87. The molecule has 1 aromatic heterocycles. The maximum atomic E-state index is 12.9. The fraction of sp³-hybridized carbons (Fsp3) is 0.296. The third-order valence-electron chi connectivity index (χ3n) is 6.06. The van der Waals surface area contributed by atoms with Crippen molar-refractivity contribution in [3.05, 3.63) is 88.6 Å². The molecule has 4 nitrogen and oxygen atoms in total. The Morgan fingerprint density at radius 1 is 1.22 bits per heavy atom. The number of nitriles is 1. The Kier molecular flexibility index (Phi) is 6.92. The zero-order chi connectivity index (χ0) is 22.5. The van der Waals surface area contributed by atoms with Gasteiger partial charge in [-0.3, -0.25) is 4.79 Å². The molecule has 0 saturated heterocycles. The van der Waals surface area contributed by atoms with Gasteiger partial charge in [-0.15, -0.1) is 0 Å². The molecule has 2 unspecified atom stereocenters. The van der Waals surface area contributed by atoms with Crippen LogP contribution in [0.4, 0.5) is 5.69 Å². The lowest BCUT2D eigenvalue weighted by Gasteiger charge is -2.25. The predicted octanol–water partition coefficient (Wildman–Crippen LogP) is 6.04. The van der Waals surface area contributed by atoms with Gasteiger partial charge in [0.25, 0.3) is 0 Å². The number of para-hydroxylation sites is 1. The molecule has 0 fully saturated rings. The van der Waals surface area contributed by atoms with Crippen molar-refractivity contribution in [1.29, 1.82) is 5.26 Å². The summed E-state index contributed by atoms with van der Waals surface area (Å²) in [5.41, 5.74) is 5.97. The number of amides is 1. The number of hydrogen-bond acceptors (Lipinski definition) is 4. The lowest BCUT2D eigenvalue weighted by Crippen LogP contribution is -2.25. The van der Waals surface area contributed by atoms with Gasteiger partial charge in [0.1, 0.15) is 11.1 Å². The number of thioether (sulfide) groups is 1. The standard InChI is InChI=1S/C27H27N3OS/c1-3-25(26(31)29-23-12-8-7-9-18(23)2)32-27-22(17-28)16-21-15-20(13-14-24(21)30-27)19-10-5-4-6-11-19/h4-12,16,20,25H,3,13-15H2,1-2H3,(H,29,31). The number of nitrogens with one attached hydrogen (secondary N) is 1. The number of pyridine rings is 1. The molecule has 1 amide bonds. The lowest BCUT2D eigenvalue weighted by atomic mass is 9.82. The third-order valence-corrected chi connectivity index (χ3v) is 7.43. The van der Waals surface area contributed by atoms with E-state index >= 15 is 0 Å². The highest BCUT2D eigenvalue weighted by molar-refractivity contribution is 8.00. The van der Waals surface area contributed by atoms with E-state index in [4.69, 9.17) is 4.98 Å². The van der Waals surface area contributed by atoms with Crippen LogP contribution in [0.3, 0.4) is 0 Å². The second kappa shape index (κ2) is 10.0. The molecule has 1 aliphatic rings. The molecule has 1 aliphatic carbocycles. The quantitative estimate of drug-likeness (QED) is 0.473. The van der Waals surface area contributed by atoms with Crippen LogP contribution < -0.4 is 5.32 Å². The Labute approximate surface area is 194 Å². The molecule has 2 aromatic carbocycles. The summed E-state index contributed by atoms with van der Waals surface area (Å²) in [6.07, 6.45) is 3.49. The van der Waals surface area contributed by atoms with E-state index in [9.17, 15) is 10.1 Å². The SMILES string of the molecule is CCC(Sc1nc2c(cc1C#N)CC(c1ccccc1)CC2)C(=O)Nc1ccccc1C. The van der Waals surface area contributed by atoms with Crippen LogP contribution in [0, 0.1) is 18.3 Å². The minimum atomic E-state index is -0.312. The Balaban J connectivity index is 1.53. The van der Waals surface area contributed by atoms with E-state index in [1.165, 1.54) is 17.3 Å². The number of aryl methyl sites for hydroxylation is 2. The Bertz CT molecular complexity index is 1150. The highest BCUT2D eigenvalue weighted by Crippen LogP contribution is 2.36. The van der Waals surface area contributed by atoms with E-state index in [-0.39, 0.29) is 11.2 Å². The first-order chi connectivity index (χ1) is 15.6. The van der Waals surface area contributed by atoms with Crippen LogP contribution in [0.15, 0.2) is 65.7 Å². The smallest absolute Gasteiger partial charge is 0.237 e. The van der Waals surface area contributed by atoms with Crippen LogP contribution >= 0.6 is 11.8 Å². The number of nitrogens with zero attached hydrogens (tertiary/aromatic N) is 2. The van der Waals surface area contributed by atoms with Gasteiger partial charge in [0.05, 0.1) is 10.8 Å². The number of anilines is 1. The summed E-state index contributed by atoms with van der Waals surface area (Å²) in [5.74, 6) is 0.401. The minimum Gasteiger partial charge on any atom is -0.325 e. The van der Waals surface area contributed by atoms with Crippen molar-refractivity contribution in [1.82, 2.24) is 4.98 Å². The van der Waals surface area contributed by atoms with E-state index in [1.54, 1.807) is 0 Å². The number of aromatic nitrogens is 1. The second-order valence-electron chi connectivity index (χ2n) is 8.23. The summed E-state index contributed by atoms with van der Waals surface area (Å²) in [4.78, 5) is 17.8. The van der Waals surface area contributed by atoms with E-state index in [0.29, 0.717) is 22.9 Å². The van der Waals surface area contributed by atoms with Crippen LogP contribution in [-0.2, 0) is 17.6 Å². The van der Waals surface area contributed by atoms with Gasteiger partial charge < -0.3 is 5.32 Å². The zero-order valence-corrected chi connectivity index (χ0v) is 19.3. The van der Waals surface area contributed by atoms with E-state index in [0.717, 1.165) is 41.8 Å². The second-order valence-corrected chi connectivity index (χ2v) is 9.42. The molecular formula is C27H27N3OS. The summed E-state index contributed by atoms with van der Waals surface area (Å²) >= 11 is 1.40. The van der Waals surface area contributed by atoms with Gasteiger partial charge in [0.15, 0.2) is 0 Å². The fourth-order valence-electron chi connectivity index (χ4n) is 4.21. The molecule has 0 bridgehead atoms. The summed E-state index contributed by atoms with van der Waals surface area (Å²) in [6, 6.07) is 22.6. The Morgan fingerprint density at radius 3 is 2.69 bits per heavy atom. The average Bonchev–Trinajstić information content (AvgIpc) is 2.83. The van der Waals surface area contributed by atoms with Crippen LogP contribution in [0.2, 0.25) is 0 Å². The van der Waals surface area contributed by atoms with Crippen molar-refractivity contribution >= 4 is 23.4 Å². The molecule has 2 atom stereocenters. The Hall–Kier alpha value is -3.10. The molecule has 0 spiro atoms. The molecule has 0 aliphatic heterocycles. The summed E-state index contributed by atoms with van der Waals surface area (Å²) in [7, 11) is 0. The van der Waals surface area contributed by atoms with Crippen molar-refractivity contribution in [2.24, 2.45) is 0 Å². The van der Waals surface area contributed by atoms with Gasteiger partial charge in [0, 0.05) is 11.4 Å². The summed E-state index contributed by atoms with van der Waals surface area (Å²) in [6.45, 7) is 3.97. The molecule has 5 heteroatoms. The number of fused-ring (bicyclic) bond motifs is 1. The van der Waals surface area contributed by atoms with Crippen molar-refractivity contribution in [3.8, 4) is 6.07 Å². The molecule has 3 aromatic rings.